The Morgan fingerprint density at radius 2 is 1.67 bits per heavy atom. The van der Waals surface area contributed by atoms with Gasteiger partial charge < -0.3 is 20.4 Å². The van der Waals surface area contributed by atoms with Crippen LogP contribution < -0.4 is 0 Å². The van der Waals surface area contributed by atoms with Crippen molar-refractivity contribution in [2.45, 2.75) is 99.5 Å². The van der Waals surface area contributed by atoms with Gasteiger partial charge in [0.15, 0.2) is 17.2 Å². The second kappa shape index (κ2) is 11.5. The summed E-state index contributed by atoms with van der Waals surface area (Å²) in [5.74, 6) is -4.49. The summed E-state index contributed by atoms with van der Waals surface area (Å²) in [5.41, 5.74) is -1.01. The standard InChI is InChI=1S/C39H48O7/c1-9-24-14-13-23(12-10-11-20(2)3)17-26(24)25-15-16-28(41)30-27(25)18-37(7)19-38(8)31(21(4)5)33(42)29(22(6)40)35(44)39(38,46)36(45)32(37)34(30)43/h13-17,20-21,31,41-42,45-46H,9-12,18-19H2,1-8H3/t31?,37-,38-,39+/m1/s1. The number of aromatic hydroxyl groups is 1. The van der Waals surface area contributed by atoms with Gasteiger partial charge in [0.25, 0.3) is 0 Å². The predicted octanol–water partition coefficient (Wildman–Crippen LogP) is 7.55. The zero-order valence-corrected chi connectivity index (χ0v) is 28.4. The lowest BCUT2D eigenvalue weighted by Gasteiger charge is -2.59. The molecule has 3 aliphatic carbocycles. The van der Waals surface area contributed by atoms with Crippen molar-refractivity contribution in [3.8, 4) is 16.9 Å². The van der Waals surface area contributed by atoms with Crippen LogP contribution in [0.3, 0.4) is 0 Å². The average Bonchev–Trinajstić information content (AvgIpc) is 2.94. The first-order valence-electron chi connectivity index (χ1n) is 16.6. The Kier molecular flexibility index (Phi) is 8.42. The fraction of sp³-hybridized carbons (Fsp3) is 0.513. The number of benzene rings is 2. The van der Waals surface area contributed by atoms with Crippen LogP contribution >= 0.6 is 0 Å². The van der Waals surface area contributed by atoms with Gasteiger partial charge in [-0.15, -0.1) is 0 Å². The van der Waals surface area contributed by atoms with E-state index in [1.54, 1.807) is 6.92 Å². The van der Waals surface area contributed by atoms with Gasteiger partial charge in [-0.25, -0.2) is 0 Å². The van der Waals surface area contributed by atoms with Crippen LogP contribution in [0.25, 0.3) is 11.1 Å². The Balaban J connectivity index is 1.74. The summed E-state index contributed by atoms with van der Waals surface area (Å²) in [4.78, 5) is 41.0. The van der Waals surface area contributed by atoms with E-state index < -0.39 is 51.0 Å². The van der Waals surface area contributed by atoms with E-state index >= 15 is 0 Å². The molecule has 2 aromatic rings. The smallest absolute Gasteiger partial charge is 0.209 e. The van der Waals surface area contributed by atoms with E-state index in [2.05, 4.69) is 39.0 Å². The molecule has 0 saturated heterocycles. The number of aliphatic hydroxyl groups is 3. The number of phenolic OH excluding ortho intramolecular Hbond substituents is 1. The molecule has 46 heavy (non-hydrogen) atoms. The Morgan fingerprint density at radius 1 is 1.00 bits per heavy atom. The number of aliphatic hydroxyl groups excluding tert-OH is 2. The van der Waals surface area contributed by atoms with Gasteiger partial charge in [-0.2, -0.15) is 0 Å². The SMILES string of the molecule is CCc1ccc(CCCC(C)C)cc1-c1ccc(O)c2c1C[C@]1(C)C[C@]3(C)C(C(C)C)C(O)=C(C(C)=O)C(=O)[C@]3(O)C(O)=C1C2=O. The molecular formula is C39H48O7. The summed E-state index contributed by atoms with van der Waals surface area (Å²) in [5, 5.41) is 46.7. The quantitative estimate of drug-likeness (QED) is 0.222. The normalized spacial score (nSPS) is 27.7. The van der Waals surface area contributed by atoms with Crippen LogP contribution in [0.1, 0.15) is 102 Å². The minimum absolute atomic E-state index is 0.0461. The molecule has 0 spiro atoms. The number of Topliss-reactive ketones (excluding diaryl/α,β-unsaturated/α-hetero) is 3. The highest BCUT2D eigenvalue weighted by atomic mass is 16.3. The fourth-order valence-electron chi connectivity index (χ4n) is 9.04. The highest BCUT2D eigenvalue weighted by molar-refractivity contribution is 6.25. The molecule has 246 valence electrons. The summed E-state index contributed by atoms with van der Waals surface area (Å²) in [7, 11) is 0. The Hall–Kier alpha value is -3.71. The van der Waals surface area contributed by atoms with Crippen molar-refractivity contribution < 1.29 is 34.8 Å². The molecule has 0 saturated carbocycles. The molecular weight excluding hydrogens is 580 g/mol. The lowest BCUT2D eigenvalue weighted by molar-refractivity contribution is -0.171. The Bertz CT molecular complexity index is 1710. The van der Waals surface area contributed by atoms with E-state index in [0.717, 1.165) is 49.3 Å². The number of aryl methyl sites for hydroxylation is 2. The van der Waals surface area contributed by atoms with E-state index in [0.29, 0.717) is 11.5 Å². The molecule has 0 heterocycles. The highest BCUT2D eigenvalue weighted by Gasteiger charge is 2.71. The minimum atomic E-state index is -2.62. The minimum Gasteiger partial charge on any atom is -0.511 e. The van der Waals surface area contributed by atoms with Crippen molar-refractivity contribution in [2.75, 3.05) is 0 Å². The van der Waals surface area contributed by atoms with Crippen LogP contribution in [-0.2, 0) is 28.9 Å². The van der Waals surface area contributed by atoms with Gasteiger partial charge >= 0.3 is 0 Å². The van der Waals surface area contributed by atoms with Crippen molar-refractivity contribution in [1.29, 1.82) is 0 Å². The first kappa shape index (κ1) is 33.6. The third-order valence-electron chi connectivity index (χ3n) is 11.0. The van der Waals surface area contributed by atoms with Crippen molar-refractivity contribution >= 4 is 17.3 Å². The van der Waals surface area contributed by atoms with E-state index in [9.17, 15) is 34.8 Å². The van der Waals surface area contributed by atoms with E-state index in [1.807, 2.05) is 26.8 Å². The molecule has 4 N–H and O–H groups in total. The maximum absolute atomic E-state index is 14.5. The summed E-state index contributed by atoms with van der Waals surface area (Å²) in [6.07, 6.45) is 4.18. The van der Waals surface area contributed by atoms with Gasteiger partial charge in [-0.05, 0) is 84.7 Å². The zero-order chi connectivity index (χ0) is 34.1. The molecule has 1 unspecified atom stereocenters. The summed E-state index contributed by atoms with van der Waals surface area (Å²) >= 11 is 0. The fourth-order valence-corrected chi connectivity index (χ4v) is 9.04. The zero-order valence-electron chi connectivity index (χ0n) is 28.4. The van der Waals surface area contributed by atoms with E-state index in [1.165, 1.54) is 11.6 Å². The maximum Gasteiger partial charge on any atom is 0.209 e. The lowest BCUT2D eigenvalue weighted by atomic mass is 9.44. The molecule has 7 nitrogen and oxygen atoms in total. The van der Waals surface area contributed by atoms with E-state index in [-0.39, 0.29) is 41.4 Å². The predicted molar refractivity (Wildman–Crippen MR) is 178 cm³/mol. The molecule has 4 atom stereocenters. The van der Waals surface area contributed by atoms with Crippen molar-refractivity contribution in [3.05, 3.63) is 75.3 Å². The van der Waals surface area contributed by atoms with E-state index in [4.69, 9.17) is 0 Å². The number of rotatable bonds is 8. The number of ketones is 3. The largest absolute Gasteiger partial charge is 0.511 e. The van der Waals surface area contributed by atoms with Gasteiger partial charge in [0.1, 0.15) is 22.8 Å². The van der Waals surface area contributed by atoms with Crippen LogP contribution in [0.4, 0.5) is 0 Å². The molecule has 0 bridgehead atoms. The maximum atomic E-state index is 14.5. The molecule has 0 fully saturated rings. The highest BCUT2D eigenvalue weighted by Crippen LogP contribution is 2.65. The molecule has 2 aromatic carbocycles. The molecule has 0 radical (unpaired) electrons. The number of carbonyl (C=O) groups is 3. The lowest BCUT2D eigenvalue weighted by Crippen LogP contribution is -2.67. The number of hydrogen-bond donors (Lipinski definition) is 4. The van der Waals surface area contributed by atoms with Crippen LogP contribution in [0.2, 0.25) is 0 Å². The van der Waals surface area contributed by atoms with Gasteiger partial charge in [0.2, 0.25) is 5.78 Å². The van der Waals surface area contributed by atoms with Crippen LogP contribution in [0.5, 0.6) is 5.75 Å². The van der Waals surface area contributed by atoms with Gasteiger partial charge in [-0.3, -0.25) is 14.4 Å². The Labute approximate surface area is 272 Å². The van der Waals surface area contributed by atoms with Crippen LogP contribution in [-0.4, -0.2) is 43.4 Å². The molecule has 7 heteroatoms. The molecule has 5 rings (SSSR count). The van der Waals surface area contributed by atoms with Gasteiger partial charge in [0.05, 0.1) is 5.56 Å². The molecule has 0 aromatic heterocycles. The monoisotopic (exact) mass is 628 g/mol. The summed E-state index contributed by atoms with van der Waals surface area (Å²) in [6.45, 7) is 14.8. The molecule has 0 aliphatic heterocycles. The summed E-state index contributed by atoms with van der Waals surface area (Å²) in [6, 6.07) is 9.82. The number of hydrogen-bond acceptors (Lipinski definition) is 7. The van der Waals surface area contributed by atoms with Crippen molar-refractivity contribution in [1.82, 2.24) is 0 Å². The number of phenols is 1. The number of carbonyl (C=O) groups excluding carboxylic acids is 3. The van der Waals surface area contributed by atoms with Crippen LogP contribution in [0.15, 0.2) is 53.0 Å². The third-order valence-corrected chi connectivity index (χ3v) is 11.0. The average molecular weight is 629 g/mol. The van der Waals surface area contributed by atoms with Gasteiger partial charge in [-0.1, -0.05) is 79.2 Å². The van der Waals surface area contributed by atoms with Crippen molar-refractivity contribution in [3.63, 3.8) is 0 Å². The third kappa shape index (κ3) is 4.76. The summed E-state index contributed by atoms with van der Waals surface area (Å²) < 4.78 is 0. The first-order chi connectivity index (χ1) is 21.4. The van der Waals surface area contributed by atoms with Crippen molar-refractivity contribution in [2.24, 2.45) is 28.6 Å². The Morgan fingerprint density at radius 3 is 2.26 bits per heavy atom. The van der Waals surface area contributed by atoms with Gasteiger partial charge in [0, 0.05) is 22.3 Å². The first-order valence-corrected chi connectivity index (χ1v) is 16.6. The van der Waals surface area contributed by atoms with Crippen LogP contribution in [0, 0.1) is 28.6 Å². The molecule has 0 amide bonds. The second-order valence-corrected chi connectivity index (χ2v) is 15.1. The topological polar surface area (TPSA) is 132 Å². The number of fused-ring (bicyclic) bond motifs is 3. The number of allylic oxidation sites excluding steroid dienone is 2. The second-order valence-electron chi connectivity index (χ2n) is 15.1. The molecule has 3 aliphatic rings.